The predicted octanol–water partition coefficient (Wildman–Crippen LogP) is 2.31. The van der Waals surface area contributed by atoms with E-state index in [1.807, 2.05) is 37.3 Å². The summed E-state index contributed by atoms with van der Waals surface area (Å²) in [5.41, 5.74) is 0.862. The van der Waals surface area contributed by atoms with Gasteiger partial charge in [0.25, 0.3) is 0 Å². The molecule has 0 heterocycles. The van der Waals surface area contributed by atoms with Gasteiger partial charge in [0.1, 0.15) is 0 Å². The minimum absolute atomic E-state index is 0.397. The first kappa shape index (κ1) is 15.0. The molecule has 102 valence electrons. The van der Waals surface area contributed by atoms with E-state index in [1.165, 1.54) is 14.2 Å². The van der Waals surface area contributed by atoms with Crippen molar-refractivity contribution in [3.63, 3.8) is 0 Å². The summed E-state index contributed by atoms with van der Waals surface area (Å²) in [7, 11) is 2.52. The van der Waals surface area contributed by atoms with Crippen LogP contribution in [0, 0.1) is 5.92 Å². The molecule has 0 bridgehead atoms. The Labute approximate surface area is 113 Å². The van der Waals surface area contributed by atoms with Crippen molar-refractivity contribution in [2.24, 2.45) is 5.92 Å². The third kappa shape index (κ3) is 3.68. The zero-order valence-electron chi connectivity index (χ0n) is 11.3. The molecule has 1 aromatic rings. The van der Waals surface area contributed by atoms with Gasteiger partial charge in [0.05, 0.1) is 14.2 Å². The number of carbonyl (C=O) groups is 2. The summed E-state index contributed by atoms with van der Waals surface area (Å²) in [6.45, 7) is 1.83. The van der Waals surface area contributed by atoms with Crippen molar-refractivity contribution in [3.8, 4) is 0 Å². The maximum atomic E-state index is 11.8. The summed E-state index contributed by atoms with van der Waals surface area (Å²) in [4.78, 5) is 23.7. The SMILES string of the molecule is C/C=C/[C@H](c1ccccc1)C(C(=O)OC)C(=O)OC. The average molecular weight is 262 g/mol. The van der Waals surface area contributed by atoms with Crippen molar-refractivity contribution in [2.45, 2.75) is 12.8 Å². The van der Waals surface area contributed by atoms with Crippen LogP contribution in [-0.2, 0) is 19.1 Å². The van der Waals surface area contributed by atoms with Crippen molar-refractivity contribution in [1.82, 2.24) is 0 Å². The molecule has 0 spiro atoms. The molecule has 0 amide bonds. The number of carbonyl (C=O) groups excluding carboxylic acids is 2. The van der Waals surface area contributed by atoms with Crippen LogP contribution >= 0.6 is 0 Å². The zero-order valence-corrected chi connectivity index (χ0v) is 11.3. The van der Waals surface area contributed by atoms with E-state index in [0.29, 0.717) is 0 Å². The van der Waals surface area contributed by atoms with Crippen molar-refractivity contribution >= 4 is 11.9 Å². The second kappa shape index (κ2) is 7.36. The van der Waals surface area contributed by atoms with Gasteiger partial charge >= 0.3 is 11.9 Å². The number of hydrogen-bond donors (Lipinski definition) is 0. The molecule has 1 rings (SSSR count). The summed E-state index contributed by atoms with van der Waals surface area (Å²) in [6.07, 6.45) is 3.60. The van der Waals surface area contributed by atoms with Gasteiger partial charge in [-0.25, -0.2) is 0 Å². The third-order valence-electron chi connectivity index (χ3n) is 2.85. The highest BCUT2D eigenvalue weighted by Gasteiger charge is 2.36. The first-order valence-electron chi connectivity index (χ1n) is 5.99. The van der Waals surface area contributed by atoms with Crippen LogP contribution in [0.25, 0.3) is 0 Å². The van der Waals surface area contributed by atoms with E-state index in [9.17, 15) is 9.59 Å². The summed E-state index contributed by atoms with van der Waals surface area (Å²) in [6, 6.07) is 9.32. The van der Waals surface area contributed by atoms with Crippen LogP contribution in [0.15, 0.2) is 42.5 Å². The second-order valence-corrected chi connectivity index (χ2v) is 3.99. The molecule has 19 heavy (non-hydrogen) atoms. The summed E-state index contributed by atoms with van der Waals surface area (Å²) >= 11 is 0. The average Bonchev–Trinajstić information content (AvgIpc) is 2.46. The van der Waals surface area contributed by atoms with Crippen LogP contribution in [0.1, 0.15) is 18.4 Å². The molecule has 0 N–H and O–H groups in total. The van der Waals surface area contributed by atoms with Crippen molar-refractivity contribution in [1.29, 1.82) is 0 Å². The van der Waals surface area contributed by atoms with Gasteiger partial charge in [-0.3, -0.25) is 9.59 Å². The van der Waals surface area contributed by atoms with Gasteiger partial charge in [-0.15, -0.1) is 0 Å². The van der Waals surface area contributed by atoms with Crippen LogP contribution in [0.5, 0.6) is 0 Å². The lowest BCUT2D eigenvalue weighted by atomic mass is 9.85. The molecule has 4 heteroatoms. The molecule has 1 atom stereocenters. The number of rotatable bonds is 5. The molecule has 0 radical (unpaired) electrons. The Balaban J connectivity index is 3.20. The van der Waals surface area contributed by atoms with Gasteiger partial charge in [0.15, 0.2) is 5.92 Å². The maximum absolute atomic E-state index is 11.8. The van der Waals surface area contributed by atoms with E-state index in [4.69, 9.17) is 9.47 Å². The Morgan fingerprint density at radius 1 is 1.05 bits per heavy atom. The summed E-state index contributed by atoms with van der Waals surface area (Å²) in [5, 5.41) is 0. The number of hydrogen-bond acceptors (Lipinski definition) is 4. The Hall–Kier alpha value is -2.10. The Bertz CT molecular complexity index is 434. The van der Waals surface area contributed by atoms with Crippen LogP contribution < -0.4 is 0 Å². The zero-order chi connectivity index (χ0) is 14.3. The highest BCUT2D eigenvalue weighted by molar-refractivity contribution is 5.96. The lowest BCUT2D eigenvalue weighted by Crippen LogP contribution is -2.31. The number of allylic oxidation sites excluding steroid dienone is 2. The Kier molecular flexibility index (Phi) is 5.79. The van der Waals surface area contributed by atoms with Gasteiger partial charge < -0.3 is 9.47 Å². The largest absolute Gasteiger partial charge is 0.468 e. The number of methoxy groups -OCH3 is 2. The fourth-order valence-corrected chi connectivity index (χ4v) is 1.94. The molecule has 0 aliphatic rings. The highest BCUT2D eigenvalue weighted by Crippen LogP contribution is 2.28. The monoisotopic (exact) mass is 262 g/mol. The van der Waals surface area contributed by atoms with Gasteiger partial charge in [-0.05, 0) is 12.5 Å². The van der Waals surface area contributed by atoms with Crippen LogP contribution in [0.4, 0.5) is 0 Å². The van der Waals surface area contributed by atoms with Gasteiger partial charge in [0, 0.05) is 5.92 Å². The van der Waals surface area contributed by atoms with E-state index in [-0.39, 0.29) is 0 Å². The molecule has 0 aliphatic heterocycles. The maximum Gasteiger partial charge on any atom is 0.321 e. The fraction of sp³-hybridized carbons (Fsp3) is 0.333. The molecule has 0 saturated carbocycles. The van der Waals surface area contributed by atoms with Crippen LogP contribution in [0.3, 0.4) is 0 Å². The Morgan fingerprint density at radius 2 is 1.58 bits per heavy atom. The standard InChI is InChI=1S/C15H18O4/c1-4-8-12(11-9-6-5-7-10-11)13(14(16)18-2)15(17)19-3/h4-10,12-13H,1-3H3/b8-4+/t12-/m1/s1. The van der Waals surface area contributed by atoms with E-state index in [0.717, 1.165) is 5.56 Å². The lowest BCUT2D eigenvalue weighted by Gasteiger charge is -2.20. The predicted molar refractivity (Wildman–Crippen MR) is 71.5 cm³/mol. The highest BCUT2D eigenvalue weighted by atomic mass is 16.5. The van der Waals surface area contributed by atoms with Crippen molar-refractivity contribution in [2.75, 3.05) is 14.2 Å². The van der Waals surface area contributed by atoms with Crippen LogP contribution in [-0.4, -0.2) is 26.2 Å². The van der Waals surface area contributed by atoms with Crippen LogP contribution in [0.2, 0.25) is 0 Å². The molecule has 4 nitrogen and oxygen atoms in total. The molecule has 0 fully saturated rings. The molecule has 0 aromatic heterocycles. The summed E-state index contributed by atoms with van der Waals surface area (Å²) in [5.74, 6) is -2.59. The normalized spacial score (nSPS) is 12.4. The molecular formula is C15H18O4. The number of esters is 2. The minimum atomic E-state index is -0.992. The third-order valence-corrected chi connectivity index (χ3v) is 2.85. The molecule has 0 saturated heterocycles. The topological polar surface area (TPSA) is 52.6 Å². The number of benzene rings is 1. The quantitative estimate of drug-likeness (QED) is 0.464. The Morgan fingerprint density at radius 3 is 2.00 bits per heavy atom. The van der Waals surface area contributed by atoms with Gasteiger partial charge in [-0.2, -0.15) is 0 Å². The van der Waals surface area contributed by atoms with Crippen molar-refractivity contribution < 1.29 is 19.1 Å². The first-order chi connectivity index (χ1) is 9.15. The summed E-state index contributed by atoms with van der Waals surface area (Å²) < 4.78 is 9.42. The first-order valence-corrected chi connectivity index (χ1v) is 5.99. The fourth-order valence-electron chi connectivity index (χ4n) is 1.94. The minimum Gasteiger partial charge on any atom is -0.468 e. The lowest BCUT2D eigenvalue weighted by molar-refractivity contribution is -0.159. The molecule has 0 unspecified atom stereocenters. The molecular weight excluding hydrogens is 244 g/mol. The second-order valence-electron chi connectivity index (χ2n) is 3.99. The van der Waals surface area contributed by atoms with E-state index >= 15 is 0 Å². The van der Waals surface area contributed by atoms with Crippen molar-refractivity contribution in [3.05, 3.63) is 48.0 Å². The molecule has 1 aromatic carbocycles. The van der Waals surface area contributed by atoms with E-state index < -0.39 is 23.8 Å². The van der Waals surface area contributed by atoms with E-state index in [2.05, 4.69) is 0 Å². The molecule has 0 aliphatic carbocycles. The van der Waals surface area contributed by atoms with E-state index in [1.54, 1.807) is 12.2 Å². The van der Waals surface area contributed by atoms with Gasteiger partial charge in [-0.1, -0.05) is 42.5 Å². The number of ether oxygens (including phenoxy) is 2. The smallest absolute Gasteiger partial charge is 0.321 e. The van der Waals surface area contributed by atoms with Gasteiger partial charge in [0.2, 0.25) is 0 Å².